The molecular weight excluding hydrogens is 312 g/mol. The largest absolute Gasteiger partial charge is 0.372 e. The second-order valence-electron chi connectivity index (χ2n) is 2.99. The van der Waals surface area contributed by atoms with E-state index in [1.54, 1.807) is 6.92 Å². The number of methoxy groups -OCH3 is 1. The van der Waals surface area contributed by atoms with Crippen LogP contribution in [0.1, 0.15) is 6.92 Å². The minimum Gasteiger partial charge on any atom is -0.372 e. The molecule has 0 saturated heterocycles. The summed E-state index contributed by atoms with van der Waals surface area (Å²) in [4.78, 5) is 11.4. The quantitative estimate of drug-likeness (QED) is 0.868. The van der Waals surface area contributed by atoms with Gasteiger partial charge in [0.15, 0.2) is 0 Å². The number of hydrogen-bond acceptors (Lipinski definition) is 2. The molecule has 1 aromatic rings. The molecule has 0 saturated carbocycles. The van der Waals surface area contributed by atoms with Crippen molar-refractivity contribution in [3.05, 3.63) is 27.6 Å². The number of nitrogens with one attached hydrogen (secondary N) is 1. The lowest BCUT2D eigenvalue weighted by atomic mass is 10.3. The molecule has 1 aromatic carbocycles. The average Bonchev–Trinajstić information content (AvgIpc) is 2.20. The van der Waals surface area contributed by atoms with Crippen molar-refractivity contribution in [2.45, 2.75) is 13.0 Å². The summed E-state index contributed by atoms with van der Waals surface area (Å²) >= 11 is 1.96. The van der Waals surface area contributed by atoms with Crippen molar-refractivity contribution >= 4 is 34.2 Å². The Hall–Kier alpha value is -0.690. The SMILES string of the molecule is COC(C)C(=O)Nc1ccc(F)cc1I. The van der Waals surface area contributed by atoms with E-state index in [9.17, 15) is 9.18 Å². The molecule has 1 rings (SSSR count). The number of benzene rings is 1. The fraction of sp³-hybridized carbons (Fsp3) is 0.300. The highest BCUT2D eigenvalue weighted by atomic mass is 127. The highest BCUT2D eigenvalue weighted by Crippen LogP contribution is 2.19. The van der Waals surface area contributed by atoms with Crippen LogP contribution in [0.3, 0.4) is 0 Å². The van der Waals surface area contributed by atoms with Gasteiger partial charge in [0.2, 0.25) is 0 Å². The van der Waals surface area contributed by atoms with E-state index in [-0.39, 0.29) is 11.7 Å². The Morgan fingerprint density at radius 3 is 2.80 bits per heavy atom. The van der Waals surface area contributed by atoms with E-state index in [1.807, 2.05) is 22.6 Å². The van der Waals surface area contributed by atoms with Crippen LogP contribution < -0.4 is 5.32 Å². The molecule has 0 aliphatic rings. The molecule has 15 heavy (non-hydrogen) atoms. The van der Waals surface area contributed by atoms with E-state index < -0.39 is 6.10 Å². The van der Waals surface area contributed by atoms with Crippen LogP contribution in [0.2, 0.25) is 0 Å². The molecule has 0 aromatic heterocycles. The number of amides is 1. The third-order valence-electron chi connectivity index (χ3n) is 1.91. The van der Waals surface area contributed by atoms with Gasteiger partial charge in [-0.05, 0) is 47.7 Å². The molecule has 0 aliphatic carbocycles. The molecule has 0 aliphatic heterocycles. The van der Waals surface area contributed by atoms with E-state index in [0.717, 1.165) is 0 Å². The Morgan fingerprint density at radius 2 is 2.27 bits per heavy atom. The van der Waals surface area contributed by atoms with Crippen LogP contribution in [0.4, 0.5) is 10.1 Å². The predicted octanol–water partition coefficient (Wildman–Crippen LogP) is 2.40. The topological polar surface area (TPSA) is 38.3 Å². The van der Waals surface area contributed by atoms with E-state index >= 15 is 0 Å². The summed E-state index contributed by atoms with van der Waals surface area (Å²) < 4.78 is 18.3. The Labute approximate surface area is 101 Å². The van der Waals surface area contributed by atoms with Gasteiger partial charge in [0, 0.05) is 10.7 Å². The standard InChI is InChI=1S/C10H11FINO2/c1-6(15-2)10(14)13-9-4-3-7(11)5-8(9)12/h3-6H,1-2H3,(H,13,14). The Balaban J connectivity index is 2.77. The van der Waals surface area contributed by atoms with E-state index in [2.05, 4.69) is 5.32 Å². The normalized spacial score (nSPS) is 12.3. The maximum absolute atomic E-state index is 12.8. The summed E-state index contributed by atoms with van der Waals surface area (Å²) in [6.07, 6.45) is -0.522. The number of rotatable bonds is 3. The van der Waals surface area contributed by atoms with Crippen molar-refractivity contribution in [2.75, 3.05) is 12.4 Å². The van der Waals surface area contributed by atoms with Gasteiger partial charge in [-0.2, -0.15) is 0 Å². The first-order valence-corrected chi connectivity index (χ1v) is 5.41. The molecular formula is C10H11FINO2. The van der Waals surface area contributed by atoms with Gasteiger partial charge in [-0.25, -0.2) is 4.39 Å². The van der Waals surface area contributed by atoms with Gasteiger partial charge in [-0.3, -0.25) is 4.79 Å². The Morgan fingerprint density at radius 1 is 1.60 bits per heavy atom. The van der Waals surface area contributed by atoms with Crippen LogP contribution in [0.5, 0.6) is 0 Å². The summed E-state index contributed by atoms with van der Waals surface area (Å²) in [6, 6.07) is 4.18. The van der Waals surface area contributed by atoms with Gasteiger partial charge in [0.25, 0.3) is 5.91 Å². The van der Waals surface area contributed by atoms with Crippen molar-refractivity contribution in [3.8, 4) is 0 Å². The molecule has 0 heterocycles. The zero-order chi connectivity index (χ0) is 11.4. The minimum absolute atomic E-state index is 0.248. The van der Waals surface area contributed by atoms with E-state index in [0.29, 0.717) is 9.26 Å². The fourth-order valence-corrected chi connectivity index (χ4v) is 1.54. The van der Waals surface area contributed by atoms with Crippen LogP contribution in [0.25, 0.3) is 0 Å². The lowest BCUT2D eigenvalue weighted by molar-refractivity contribution is -0.124. The van der Waals surface area contributed by atoms with Crippen LogP contribution >= 0.6 is 22.6 Å². The fourth-order valence-electron chi connectivity index (χ4n) is 0.932. The minimum atomic E-state index is -0.522. The molecule has 5 heteroatoms. The van der Waals surface area contributed by atoms with Crippen LogP contribution in [-0.4, -0.2) is 19.1 Å². The number of hydrogen-bond donors (Lipinski definition) is 1. The zero-order valence-corrected chi connectivity index (χ0v) is 10.5. The third-order valence-corrected chi connectivity index (χ3v) is 2.80. The van der Waals surface area contributed by atoms with Gasteiger partial charge in [-0.15, -0.1) is 0 Å². The predicted molar refractivity (Wildman–Crippen MR) is 64.2 cm³/mol. The number of anilines is 1. The molecule has 1 N–H and O–H groups in total. The van der Waals surface area contributed by atoms with Gasteiger partial charge < -0.3 is 10.1 Å². The number of ether oxygens (including phenoxy) is 1. The van der Waals surface area contributed by atoms with Gasteiger partial charge in [-0.1, -0.05) is 0 Å². The maximum atomic E-state index is 12.8. The third kappa shape index (κ3) is 3.42. The summed E-state index contributed by atoms with van der Waals surface area (Å²) in [5.41, 5.74) is 0.589. The lowest BCUT2D eigenvalue weighted by Crippen LogP contribution is -2.26. The Kier molecular flexibility index (Phi) is 4.46. The molecule has 0 radical (unpaired) electrons. The van der Waals surface area contributed by atoms with Crippen LogP contribution in [0, 0.1) is 9.39 Å². The highest BCUT2D eigenvalue weighted by Gasteiger charge is 2.12. The van der Waals surface area contributed by atoms with Gasteiger partial charge >= 0.3 is 0 Å². The highest BCUT2D eigenvalue weighted by molar-refractivity contribution is 14.1. The molecule has 1 amide bonds. The van der Waals surface area contributed by atoms with Crippen LogP contribution in [0.15, 0.2) is 18.2 Å². The molecule has 0 spiro atoms. The first-order valence-electron chi connectivity index (χ1n) is 4.33. The van der Waals surface area contributed by atoms with E-state index in [1.165, 1.54) is 25.3 Å². The van der Waals surface area contributed by atoms with Crippen molar-refractivity contribution in [1.82, 2.24) is 0 Å². The number of carbonyl (C=O) groups excluding carboxylic acids is 1. The van der Waals surface area contributed by atoms with Crippen molar-refractivity contribution in [2.24, 2.45) is 0 Å². The molecule has 0 fully saturated rings. The first-order chi connectivity index (χ1) is 7.04. The molecule has 1 unspecified atom stereocenters. The van der Waals surface area contributed by atoms with Crippen molar-refractivity contribution in [3.63, 3.8) is 0 Å². The van der Waals surface area contributed by atoms with Gasteiger partial charge in [0.1, 0.15) is 11.9 Å². The summed E-state index contributed by atoms with van der Waals surface area (Å²) in [5.74, 6) is -0.570. The zero-order valence-electron chi connectivity index (χ0n) is 8.38. The monoisotopic (exact) mass is 323 g/mol. The average molecular weight is 323 g/mol. The molecule has 82 valence electrons. The molecule has 1 atom stereocenters. The molecule has 3 nitrogen and oxygen atoms in total. The number of carbonyl (C=O) groups is 1. The second-order valence-corrected chi connectivity index (χ2v) is 4.15. The summed E-state index contributed by atoms with van der Waals surface area (Å²) in [6.45, 7) is 1.64. The smallest absolute Gasteiger partial charge is 0.253 e. The summed E-state index contributed by atoms with van der Waals surface area (Å²) in [5, 5.41) is 2.65. The number of halogens is 2. The van der Waals surface area contributed by atoms with E-state index in [4.69, 9.17) is 4.74 Å². The lowest BCUT2D eigenvalue weighted by Gasteiger charge is -2.11. The van der Waals surface area contributed by atoms with Crippen LogP contribution in [-0.2, 0) is 9.53 Å². The first kappa shape index (κ1) is 12.4. The molecule has 0 bridgehead atoms. The maximum Gasteiger partial charge on any atom is 0.253 e. The Bertz CT molecular complexity index is 370. The van der Waals surface area contributed by atoms with Crippen molar-refractivity contribution < 1.29 is 13.9 Å². The summed E-state index contributed by atoms with van der Waals surface area (Å²) in [7, 11) is 1.46. The van der Waals surface area contributed by atoms with Gasteiger partial charge in [0.05, 0.1) is 5.69 Å². The van der Waals surface area contributed by atoms with Crippen molar-refractivity contribution in [1.29, 1.82) is 0 Å². The second kappa shape index (κ2) is 5.41.